The van der Waals surface area contributed by atoms with Gasteiger partial charge in [0, 0.05) is 18.2 Å². The highest BCUT2D eigenvalue weighted by atomic mass is 19.1. The highest BCUT2D eigenvalue weighted by Gasteiger charge is 2.22. The summed E-state index contributed by atoms with van der Waals surface area (Å²) in [6, 6.07) is 7.02. The number of halogens is 1. The van der Waals surface area contributed by atoms with Crippen LogP contribution in [0.5, 0.6) is 0 Å². The van der Waals surface area contributed by atoms with E-state index in [1.807, 2.05) is 0 Å². The molecule has 1 saturated heterocycles. The zero-order valence-corrected chi connectivity index (χ0v) is 13.3. The molecule has 5 heteroatoms. The minimum Gasteiger partial charge on any atom is -0.351 e. The topological polar surface area (TPSA) is 44.4 Å². The molecule has 2 rings (SSSR count). The predicted octanol–water partition coefficient (Wildman–Crippen LogP) is 1.91. The molecule has 2 N–H and O–H groups in total. The van der Waals surface area contributed by atoms with Gasteiger partial charge < -0.3 is 10.6 Å². The lowest BCUT2D eigenvalue weighted by atomic mass is 10.0. The van der Waals surface area contributed by atoms with Crippen LogP contribution in [0.15, 0.2) is 24.3 Å². The number of amides is 1. The molecule has 1 heterocycles. The standard InChI is InChI=1S/C17H26FN3O/c1-2-11-21(15-7-9-19-10-8-15)13-17(22)20-12-14-5-3-4-6-16(14)18/h3-6,15,19H,2,7-13H2,1H3,(H,20,22). The summed E-state index contributed by atoms with van der Waals surface area (Å²) in [7, 11) is 0. The van der Waals surface area contributed by atoms with Gasteiger partial charge in [0.05, 0.1) is 6.54 Å². The second-order valence-corrected chi connectivity index (χ2v) is 5.82. The smallest absolute Gasteiger partial charge is 0.234 e. The van der Waals surface area contributed by atoms with Crippen molar-refractivity contribution in [3.05, 3.63) is 35.6 Å². The quantitative estimate of drug-likeness (QED) is 0.809. The first kappa shape index (κ1) is 16.9. The molecular weight excluding hydrogens is 281 g/mol. The van der Waals surface area contributed by atoms with Gasteiger partial charge >= 0.3 is 0 Å². The van der Waals surface area contributed by atoms with Crippen LogP contribution in [0.3, 0.4) is 0 Å². The van der Waals surface area contributed by atoms with Crippen LogP contribution in [0.4, 0.5) is 4.39 Å². The minimum absolute atomic E-state index is 0.0322. The molecule has 1 fully saturated rings. The number of piperidine rings is 1. The maximum absolute atomic E-state index is 13.5. The van der Waals surface area contributed by atoms with Crippen molar-refractivity contribution in [2.75, 3.05) is 26.2 Å². The fraction of sp³-hybridized carbons (Fsp3) is 0.588. The van der Waals surface area contributed by atoms with E-state index in [0.717, 1.165) is 38.9 Å². The number of hydrogen-bond donors (Lipinski definition) is 2. The van der Waals surface area contributed by atoms with E-state index in [1.54, 1.807) is 18.2 Å². The van der Waals surface area contributed by atoms with Gasteiger partial charge in [0.2, 0.25) is 5.91 Å². The zero-order valence-electron chi connectivity index (χ0n) is 13.3. The lowest BCUT2D eigenvalue weighted by Gasteiger charge is -2.34. The Kier molecular flexibility index (Phi) is 6.80. The summed E-state index contributed by atoms with van der Waals surface area (Å²) in [4.78, 5) is 14.4. The molecule has 1 aromatic rings. The maximum atomic E-state index is 13.5. The Bertz CT molecular complexity index is 475. The van der Waals surface area contributed by atoms with Gasteiger partial charge in [0.15, 0.2) is 0 Å². The monoisotopic (exact) mass is 307 g/mol. The first-order valence-electron chi connectivity index (χ1n) is 8.15. The van der Waals surface area contributed by atoms with Crippen molar-refractivity contribution in [2.45, 2.75) is 38.8 Å². The lowest BCUT2D eigenvalue weighted by molar-refractivity contribution is -0.123. The third kappa shape index (κ3) is 5.07. The Labute approximate surface area is 132 Å². The second kappa shape index (κ2) is 8.86. The normalized spacial score (nSPS) is 16.0. The highest BCUT2D eigenvalue weighted by molar-refractivity contribution is 5.78. The van der Waals surface area contributed by atoms with Crippen LogP contribution in [0.25, 0.3) is 0 Å². The summed E-state index contributed by atoms with van der Waals surface area (Å²) in [6.45, 7) is 5.73. The van der Waals surface area contributed by atoms with Crippen molar-refractivity contribution in [1.82, 2.24) is 15.5 Å². The van der Waals surface area contributed by atoms with Crippen LogP contribution >= 0.6 is 0 Å². The summed E-state index contributed by atoms with van der Waals surface area (Å²) < 4.78 is 13.5. The molecule has 1 amide bonds. The number of benzene rings is 1. The molecule has 0 atom stereocenters. The molecule has 0 bridgehead atoms. The predicted molar refractivity (Wildman–Crippen MR) is 86.0 cm³/mol. The third-order valence-electron chi connectivity index (χ3n) is 4.12. The van der Waals surface area contributed by atoms with Gasteiger partial charge in [0.25, 0.3) is 0 Å². The fourth-order valence-electron chi connectivity index (χ4n) is 2.93. The number of nitrogens with one attached hydrogen (secondary N) is 2. The molecule has 4 nitrogen and oxygen atoms in total. The Morgan fingerprint density at radius 2 is 2.09 bits per heavy atom. The molecule has 0 aromatic heterocycles. The molecule has 0 aliphatic carbocycles. The van der Waals surface area contributed by atoms with Crippen molar-refractivity contribution in [1.29, 1.82) is 0 Å². The van der Waals surface area contributed by atoms with Crippen molar-refractivity contribution >= 4 is 5.91 Å². The van der Waals surface area contributed by atoms with Gasteiger partial charge in [-0.15, -0.1) is 0 Å². The van der Waals surface area contributed by atoms with E-state index in [4.69, 9.17) is 0 Å². The summed E-state index contributed by atoms with van der Waals surface area (Å²) in [6.07, 6.45) is 3.20. The number of rotatable bonds is 7. The average Bonchev–Trinajstić information content (AvgIpc) is 2.54. The van der Waals surface area contributed by atoms with E-state index in [1.165, 1.54) is 6.07 Å². The molecule has 0 unspecified atom stereocenters. The maximum Gasteiger partial charge on any atom is 0.234 e. The van der Waals surface area contributed by atoms with E-state index in [9.17, 15) is 9.18 Å². The molecule has 1 aromatic carbocycles. The SMILES string of the molecule is CCCN(CC(=O)NCc1ccccc1F)C1CCNCC1. The molecule has 0 spiro atoms. The summed E-state index contributed by atoms with van der Waals surface area (Å²) in [5, 5.41) is 6.18. The number of carbonyl (C=O) groups excluding carboxylic acids is 1. The minimum atomic E-state index is -0.272. The number of hydrogen-bond acceptors (Lipinski definition) is 3. The van der Waals surface area contributed by atoms with Crippen molar-refractivity contribution in [3.8, 4) is 0 Å². The Balaban J connectivity index is 1.84. The average molecular weight is 307 g/mol. The molecule has 1 aliphatic heterocycles. The van der Waals surface area contributed by atoms with Gasteiger partial charge in [-0.1, -0.05) is 25.1 Å². The summed E-state index contributed by atoms with van der Waals surface area (Å²) in [5.74, 6) is -0.304. The van der Waals surface area contributed by atoms with Crippen LogP contribution in [-0.4, -0.2) is 43.0 Å². The van der Waals surface area contributed by atoms with E-state index in [-0.39, 0.29) is 18.3 Å². The third-order valence-corrected chi connectivity index (χ3v) is 4.12. The number of carbonyl (C=O) groups is 1. The van der Waals surface area contributed by atoms with Crippen LogP contribution in [0, 0.1) is 5.82 Å². The molecule has 0 saturated carbocycles. The van der Waals surface area contributed by atoms with Crippen molar-refractivity contribution < 1.29 is 9.18 Å². The van der Waals surface area contributed by atoms with Gasteiger partial charge in [-0.05, 0) is 45.0 Å². The van der Waals surface area contributed by atoms with E-state index < -0.39 is 0 Å². The van der Waals surface area contributed by atoms with Crippen LogP contribution in [0.2, 0.25) is 0 Å². The molecule has 1 aliphatic rings. The van der Waals surface area contributed by atoms with Crippen molar-refractivity contribution in [2.24, 2.45) is 0 Å². The van der Waals surface area contributed by atoms with Gasteiger partial charge in [-0.3, -0.25) is 9.69 Å². The Morgan fingerprint density at radius 1 is 1.36 bits per heavy atom. The molecule has 22 heavy (non-hydrogen) atoms. The summed E-state index contributed by atoms with van der Waals surface area (Å²) in [5.41, 5.74) is 0.528. The second-order valence-electron chi connectivity index (χ2n) is 5.82. The zero-order chi connectivity index (χ0) is 15.8. The first-order valence-corrected chi connectivity index (χ1v) is 8.15. The molecule has 122 valence electrons. The van der Waals surface area contributed by atoms with Crippen LogP contribution in [0.1, 0.15) is 31.7 Å². The van der Waals surface area contributed by atoms with E-state index in [2.05, 4.69) is 22.5 Å². The van der Waals surface area contributed by atoms with E-state index in [0.29, 0.717) is 18.2 Å². The Hall–Kier alpha value is -1.46. The van der Waals surface area contributed by atoms with Gasteiger partial charge in [0.1, 0.15) is 5.82 Å². The largest absolute Gasteiger partial charge is 0.351 e. The van der Waals surface area contributed by atoms with Gasteiger partial charge in [-0.25, -0.2) is 4.39 Å². The highest BCUT2D eigenvalue weighted by Crippen LogP contribution is 2.12. The van der Waals surface area contributed by atoms with Crippen LogP contribution < -0.4 is 10.6 Å². The van der Waals surface area contributed by atoms with Crippen molar-refractivity contribution in [3.63, 3.8) is 0 Å². The first-order chi connectivity index (χ1) is 10.7. The lowest BCUT2D eigenvalue weighted by Crippen LogP contribution is -2.47. The number of nitrogens with zero attached hydrogens (tertiary/aromatic N) is 1. The Morgan fingerprint density at radius 3 is 2.77 bits per heavy atom. The fourth-order valence-corrected chi connectivity index (χ4v) is 2.93. The van der Waals surface area contributed by atoms with E-state index >= 15 is 0 Å². The molecular formula is C17H26FN3O. The van der Waals surface area contributed by atoms with Gasteiger partial charge in [-0.2, -0.15) is 0 Å². The molecule has 0 radical (unpaired) electrons. The summed E-state index contributed by atoms with van der Waals surface area (Å²) >= 11 is 0. The van der Waals surface area contributed by atoms with Crippen LogP contribution in [-0.2, 0) is 11.3 Å².